The molecule has 6 nitrogen and oxygen atoms in total. The summed E-state index contributed by atoms with van der Waals surface area (Å²) in [7, 11) is 0. The zero-order chi connectivity index (χ0) is 17.7. The molecule has 0 bridgehead atoms. The van der Waals surface area contributed by atoms with Crippen molar-refractivity contribution in [3.05, 3.63) is 46.5 Å². The van der Waals surface area contributed by atoms with Crippen molar-refractivity contribution in [3.63, 3.8) is 0 Å². The summed E-state index contributed by atoms with van der Waals surface area (Å²) in [5.74, 6) is -1.07. The molecule has 0 radical (unpaired) electrons. The van der Waals surface area contributed by atoms with Gasteiger partial charge in [0.05, 0.1) is 12.8 Å². The summed E-state index contributed by atoms with van der Waals surface area (Å²) in [6.07, 6.45) is 6.60. The molecule has 25 heavy (non-hydrogen) atoms. The van der Waals surface area contributed by atoms with Crippen LogP contribution in [0.1, 0.15) is 42.7 Å². The molecule has 1 unspecified atom stereocenters. The maximum atomic E-state index is 12.1. The van der Waals surface area contributed by atoms with E-state index in [4.69, 9.17) is 4.42 Å². The number of hydrogen-bond acceptors (Lipinski definition) is 5. The minimum atomic E-state index is -1.50. The largest absolute Gasteiger partial charge is 0.466 e. The van der Waals surface area contributed by atoms with E-state index in [0.29, 0.717) is 10.6 Å². The van der Waals surface area contributed by atoms with Gasteiger partial charge in [-0.15, -0.1) is 11.3 Å². The van der Waals surface area contributed by atoms with Crippen LogP contribution in [0, 0.1) is 0 Å². The number of carbonyl (C=O) groups excluding carboxylic acids is 2. The van der Waals surface area contributed by atoms with Crippen LogP contribution in [0.25, 0.3) is 0 Å². The van der Waals surface area contributed by atoms with E-state index >= 15 is 0 Å². The fraction of sp³-hybridized carbons (Fsp3) is 0.444. The number of hydrogen-bond donors (Lipinski definition) is 3. The van der Waals surface area contributed by atoms with E-state index < -0.39 is 17.4 Å². The zero-order valence-corrected chi connectivity index (χ0v) is 14.7. The second-order valence-electron chi connectivity index (χ2n) is 6.31. The molecule has 1 atom stereocenters. The number of rotatable bonds is 5. The molecule has 2 heterocycles. The number of aliphatic hydroxyl groups is 1. The van der Waals surface area contributed by atoms with Gasteiger partial charge in [0.25, 0.3) is 0 Å². The maximum absolute atomic E-state index is 12.1. The molecule has 0 aliphatic heterocycles. The minimum Gasteiger partial charge on any atom is -0.466 e. The smallest absolute Gasteiger partial charge is 0.309 e. The standard InChI is InChI=1S/C18H22N2O4S/c21-16(17(22)20-13-6-2-1-3-7-13)19-12-18(23,14-8-4-10-24-14)15-9-5-11-25-15/h4-5,8-11,13,23H,1-3,6-7,12H2,(H,19,21)(H,20,22). The summed E-state index contributed by atoms with van der Waals surface area (Å²) in [4.78, 5) is 24.9. The third kappa shape index (κ3) is 4.11. The van der Waals surface area contributed by atoms with Crippen LogP contribution in [-0.4, -0.2) is 29.5 Å². The van der Waals surface area contributed by atoms with Gasteiger partial charge in [-0.2, -0.15) is 0 Å². The van der Waals surface area contributed by atoms with E-state index in [2.05, 4.69) is 10.6 Å². The molecule has 134 valence electrons. The Morgan fingerprint density at radius 3 is 2.64 bits per heavy atom. The number of amides is 2. The van der Waals surface area contributed by atoms with E-state index in [1.54, 1.807) is 18.2 Å². The van der Waals surface area contributed by atoms with Crippen molar-refractivity contribution in [1.29, 1.82) is 0 Å². The first-order valence-electron chi connectivity index (χ1n) is 8.48. The lowest BCUT2D eigenvalue weighted by Gasteiger charge is -2.26. The van der Waals surface area contributed by atoms with Crippen LogP contribution in [0.4, 0.5) is 0 Å². The first-order valence-corrected chi connectivity index (χ1v) is 9.36. The summed E-state index contributed by atoms with van der Waals surface area (Å²) in [5, 5.41) is 18.2. The molecule has 2 amide bonds. The van der Waals surface area contributed by atoms with Gasteiger partial charge in [-0.25, -0.2) is 0 Å². The number of carbonyl (C=O) groups is 2. The van der Waals surface area contributed by atoms with Crippen molar-refractivity contribution in [2.45, 2.75) is 43.7 Å². The Labute approximate surface area is 150 Å². The van der Waals surface area contributed by atoms with Crippen molar-refractivity contribution in [3.8, 4) is 0 Å². The molecule has 2 aromatic heterocycles. The summed E-state index contributed by atoms with van der Waals surface area (Å²) in [5.41, 5.74) is -1.50. The third-order valence-corrected chi connectivity index (χ3v) is 5.53. The lowest BCUT2D eigenvalue weighted by Crippen LogP contribution is -2.49. The van der Waals surface area contributed by atoms with E-state index in [0.717, 1.165) is 25.7 Å². The van der Waals surface area contributed by atoms with Gasteiger partial charge < -0.3 is 20.2 Å². The first-order chi connectivity index (χ1) is 12.1. The van der Waals surface area contributed by atoms with Crippen molar-refractivity contribution < 1.29 is 19.1 Å². The van der Waals surface area contributed by atoms with Gasteiger partial charge in [0, 0.05) is 10.9 Å². The molecule has 0 saturated heterocycles. The van der Waals surface area contributed by atoms with Crippen LogP contribution >= 0.6 is 11.3 Å². The topological polar surface area (TPSA) is 91.6 Å². The van der Waals surface area contributed by atoms with Gasteiger partial charge in [-0.05, 0) is 36.4 Å². The van der Waals surface area contributed by atoms with Gasteiger partial charge in [0.1, 0.15) is 5.76 Å². The van der Waals surface area contributed by atoms with E-state index in [9.17, 15) is 14.7 Å². The fourth-order valence-electron chi connectivity index (χ4n) is 3.11. The van der Waals surface area contributed by atoms with Crippen LogP contribution in [0.2, 0.25) is 0 Å². The fourth-order valence-corrected chi connectivity index (χ4v) is 3.94. The summed E-state index contributed by atoms with van der Waals surface area (Å²) in [6, 6.07) is 6.96. The van der Waals surface area contributed by atoms with E-state index in [1.165, 1.54) is 24.0 Å². The Hall–Kier alpha value is -2.12. The molecular weight excluding hydrogens is 340 g/mol. The third-order valence-electron chi connectivity index (χ3n) is 4.51. The van der Waals surface area contributed by atoms with Gasteiger partial charge in [0.2, 0.25) is 0 Å². The van der Waals surface area contributed by atoms with Crippen LogP contribution < -0.4 is 10.6 Å². The molecule has 1 aliphatic rings. The van der Waals surface area contributed by atoms with Crippen LogP contribution in [0.5, 0.6) is 0 Å². The van der Waals surface area contributed by atoms with Gasteiger partial charge >= 0.3 is 11.8 Å². The highest BCUT2D eigenvalue weighted by Crippen LogP contribution is 2.32. The molecule has 1 aliphatic carbocycles. The maximum Gasteiger partial charge on any atom is 0.309 e. The Bertz CT molecular complexity index is 656. The highest BCUT2D eigenvalue weighted by Gasteiger charge is 2.36. The molecule has 7 heteroatoms. The molecule has 2 aromatic rings. The molecule has 1 saturated carbocycles. The summed E-state index contributed by atoms with van der Waals surface area (Å²) in [6.45, 7) is -0.141. The van der Waals surface area contributed by atoms with Gasteiger partial charge in [-0.1, -0.05) is 25.3 Å². The quantitative estimate of drug-likeness (QED) is 0.711. The number of nitrogens with one attached hydrogen (secondary N) is 2. The van der Waals surface area contributed by atoms with Gasteiger partial charge in [0.15, 0.2) is 5.60 Å². The zero-order valence-electron chi connectivity index (χ0n) is 13.9. The first kappa shape index (κ1) is 17.7. The van der Waals surface area contributed by atoms with Gasteiger partial charge in [-0.3, -0.25) is 9.59 Å². The number of thiophene rings is 1. The molecule has 0 spiro atoms. The monoisotopic (exact) mass is 362 g/mol. The van der Waals surface area contributed by atoms with Crippen LogP contribution in [-0.2, 0) is 15.2 Å². The van der Waals surface area contributed by atoms with E-state index in [-0.39, 0.29) is 12.6 Å². The average Bonchev–Trinajstić information content (AvgIpc) is 3.34. The number of furan rings is 1. The predicted molar refractivity (Wildman–Crippen MR) is 94.1 cm³/mol. The Morgan fingerprint density at radius 2 is 2.00 bits per heavy atom. The molecular formula is C18H22N2O4S. The lowest BCUT2D eigenvalue weighted by molar-refractivity contribution is -0.140. The summed E-state index contributed by atoms with van der Waals surface area (Å²) >= 11 is 1.35. The molecule has 0 aromatic carbocycles. The predicted octanol–water partition coefficient (Wildman–Crippen LogP) is 2.14. The second kappa shape index (κ2) is 7.84. The molecule has 3 rings (SSSR count). The Morgan fingerprint density at radius 1 is 1.20 bits per heavy atom. The lowest BCUT2D eigenvalue weighted by atomic mass is 9.95. The average molecular weight is 362 g/mol. The van der Waals surface area contributed by atoms with Crippen molar-refractivity contribution in [2.24, 2.45) is 0 Å². The SMILES string of the molecule is O=C(NCC(O)(c1ccco1)c1cccs1)C(=O)NC1CCCCC1. The highest BCUT2D eigenvalue weighted by atomic mass is 32.1. The minimum absolute atomic E-state index is 0.0632. The molecule has 3 N–H and O–H groups in total. The van der Waals surface area contributed by atoms with Crippen molar-refractivity contribution >= 4 is 23.2 Å². The second-order valence-corrected chi connectivity index (χ2v) is 7.25. The van der Waals surface area contributed by atoms with Crippen molar-refractivity contribution in [2.75, 3.05) is 6.54 Å². The Kier molecular flexibility index (Phi) is 5.55. The van der Waals surface area contributed by atoms with E-state index in [1.807, 2.05) is 11.4 Å². The highest BCUT2D eigenvalue weighted by molar-refractivity contribution is 7.10. The molecule has 1 fully saturated rings. The normalized spacial score (nSPS) is 17.6. The van der Waals surface area contributed by atoms with Crippen LogP contribution in [0.15, 0.2) is 40.3 Å². The Balaban J connectivity index is 1.63. The summed E-state index contributed by atoms with van der Waals surface area (Å²) < 4.78 is 5.34. The van der Waals surface area contributed by atoms with Crippen molar-refractivity contribution in [1.82, 2.24) is 10.6 Å². The van der Waals surface area contributed by atoms with Crippen LogP contribution in [0.3, 0.4) is 0 Å².